The summed E-state index contributed by atoms with van der Waals surface area (Å²) in [5.41, 5.74) is 7.27. The van der Waals surface area contributed by atoms with E-state index in [1.807, 2.05) is 10.6 Å². The third-order valence-corrected chi connectivity index (χ3v) is 3.42. The Bertz CT molecular complexity index is 575. The van der Waals surface area contributed by atoms with E-state index in [0.717, 1.165) is 38.1 Å². The molecule has 1 aromatic carbocycles. The van der Waals surface area contributed by atoms with Crippen LogP contribution in [0.15, 0.2) is 24.3 Å². The quantitative estimate of drug-likeness (QED) is 0.865. The highest BCUT2D eigenvalue weighted by Crippen LogP contribution is 2.29. The Labute approximate surface area is 119 Å². The summed E-state index contributed by atoms with van der Waals surface area (Å²) in [5, 5.41) is 0. The molecule has 0 aliphatic carbocycles. The number of imidazole rings is 1. The lowest BCUT2D eigenvalue weighted by Gasteiger charge is -2.08. The molecule has 0 atom stereocenters. The number of hydrogen-bond acceptors (Lipinski definition) is 2. The minimum Gasteiger partial charge on any atom is -0.383 e. The Kier molecular flexibility index (Phi) is 4.77. The molecule has 0 bridgehead atoms. The zero-order valence-corrected chi connectivity index (χ0v) is 12.2. The molecule has 0 unspecified atom stereocenters. The van der Waals surface area contributed by atoms with Gasteiger partial charge in [-0.1, -0.05) is 32.4 Å². The zero-order chi connectivity index (χ0) is 14.5. The first-order valence-electron chi connectivity index (χ1n) is 7.28. The molecule has 20 heavy (non-hydrogen) atoms. The van der Waals surface area contributed by atoms with Crippen molar-refractivity contribution in [1.82, 2.24) is 9.55 Å². The van der Waals surface area contributed by atoms with Gasteiger partial charge in [-0.15, -0.1) is 0 Å². The lowest BCUT2D eigenvalue weighted by Crippen LogP contribution is -2.07. The fourth-order valence-corrected chi connectivity index (χ4v) is 2.35. The number of anilines is 1. The van der Waals surface area contributed by atoms with Gasteiger partial charge in [0.05, 0.1) is 0 Å². The molecule has 108 valence electrons. The molecule has 2 rings (SSSR count). The van der Waals surface area contributed by atoms with Crippen LogP contribution in [0.4, 0.5) is 10.2 Å². The van der Waals surface area contributed by atoms with Crippen LogP contribution in [0.1, 0.15) is 38.9 Å². The van der Waals surface area contributed by atoms with Crippen LogP contribution in [-0.2, 0) is 13.0 Å². The molecule has 0 aliphatic heterocycles. The second-order valence-corrected chi connectivity index (χ2v) is 5.00. The average molecular weight is 275 g/mol. The van der Waals surface area contributed by atoms with Gasteiger partial charge in [-0.25, -0.2) is 9.37 Å². The predicted molar refractivity (Wildman–Crippen MR) is 80.9 cm³/mol. The number of benzene rings is 1. The van der Waals surface area contributed by atoms with E-state index in [1.54, 1.807) is 12.1 Å². The maximum absolute atomic E-state index is 13.9. The standard InChI is InChI=1S/C16H22FN3/c1-3-5-11-20-14(8-4-2)19-15(16(20)18)12-9-6-7-10-13(12)17/h6-7,9-10H,3-5,8,11,18H2,1-2H3. The zero-order valence-electron chi connectivity index (χ0n) is 12.2. The number of rotatable bonds is 6. The summed E-state index contributed by atoms with van der Waals surface area (Å²) in [5.74, 6) is 1.26. The summed E-state index contributed by atoms with van der Waals surface area (Å²) in [6.45, 7) is 5.10. The molecule has 4 heteroatoms. The SMILES string of the molecule is CCCCn1c(CCC)nc(-c2ccccc2F)c1N. The Morgan fingerprint density at radius 3 is 2.60 bits per heavy atom. The lowest BCUT2D eigenvalue weighted by molar-refractivity contribution is 0.604. The summed E-state index contributed by atoms with van der Waals surface area (Å²) >= 11 is 0. The Balaban J connectivity index is 2.46. The van der Waals surface area contributed by atoms with E-state index in [4.69, 9.17) is 5.73 Å². The molecule has 3 nitrogen and oxygen atoms in total. The first kappa shape index (κ1) is 14.6. The van der Waals surface area contributed by atoms with E-state index < -0.39 is 0 Å². The minimum absolute atomic E-state index is 0.276. The van der Waals surface area contributed by atoms with Crippen LogP contribution in [0.5, 0.6) is 0 Å². The number of nitrogens with two attached hydrogens (primary N) is 1. The van der Waals surface area contributed by atoms with E-state index in [-0.39, 0.29) is 5.82 Å². The van der Waals surface area contributed by atoms with Crippen molar-refractivity contribution in [3.8, 4) is 11.3 Å². The highest BCUT2D eigenvalue weighted by Gasteiger charge is 2.17. The topological polar surface area (TPSA) is 43.8 Å². The second-order valence-electron chi connectivity index (χ2n) is 5.00. The highest BCUT2D eigenvalue weighted by atomic mass is 19.1. The van der Waals surface area contributed by atoms with Crippen molar-refractivity contribution in [3.63, 3.8) is 0 Å². The molecule has 0 saturated carbocycles. The normalized spacial score (nSPS) is 10.9. The fourth-order valence-electron chi connectivity index (χ4n) is 2.35. The van der Waals surface area contributed by atoms with Gasteiger partial charge in [0, 0.05) is 18.5 Å². The van der Waals surface area contributed by atoms with Gasteiger partial charge in [0.25, 0.3) is 0 Å². The molecule has 0 amide bonds. The van der Waals surface area contributed by atoms with Gasteiger partial charge in [-0.2, -0.15) is 0 Å². The number of aryl methyl sites for hydroxylation is 1. The van der Waals surface area contributed by atoms with Crippen molar-refractivity contribution in [3.05, 3.63) is 35.9 Å². The van der Waals surface area contributed by atoms with E-state index in [1.165, 1.54) is 6.07 Å². The Morgan fingerprint density at radius 2 is 1.95 bits per heavy atom. The molecule has 0 spiro atoms. The van der Waals surface area contributed by atoms with Crippen molar-refractivity contribution >= 4 is 5.82 Å². The molecule has 1 heterocycles. The molecular weight excluding hydrogens is 253 g/mol. The predicted octanol–water partition coefficient (Wildman–Crippen LogP) is 4.02. The molecule has 2 aromatic rings. The molecule has 0 fully saturated rings. The third kappa shape index (κ3) is 2.84. The molecule has 0 aliphatic rings. The molecule has 2 N–H and O–H groups in total. The number of nitrogen functional groups attached to an aromatic ring is 1. The first-order chi connectivity index (χ1) is 9.69. The van der Waals surface area contributed by atoms with E-state index in [9.17, 15) is 4.39 Å². The first-order valence-corrected chi connectivity index (χ1v) is 7.28. The van der Waals surface area contributed by atoms with Crippen molar-refractivity contribution in [2.75, 3.05) is 5.73 Å². The Morgan fingerprint density at radius 1 is 1.20 bits per heavy atom. The van der Waals surface area contributed by atoms with Crippen molar-refractivity contribution in [1.29, 1.82) is 0 Å². The monoisotopic (exact) mass is 275 g/mol. The smallest absolute Gasteiger partial charge is 0.132 e. The van der Waals surface area contributed by atoms with Gasteiger partial charge >= 0.3 is 0 Å². The number of nitrogens with zero attached hydrogens (tertiary/aromatic N) is 2. The van der Waals surface area contributed by atoms with Crippen LogP contribution in [0, 0.1) is 5.82 Å². The highest BCUT2D eigenvalue weighted by molar-refractivity contribution is 5.71. The largest absolute Gasteiger partial charge is 0.383 e. The average Bonchev–Trinajstić information content (AvgIpc) is 2.74. The van der Waals surface area contributed by atoms with E-state index in [2.05, 4.69) is 18.8 Å². The number of unbranched alkanes of at least 4 members (excludes halogenated alkanes) is 1. The second kappa shape index (κ2) is 6.55. The maximum atomic E-state index is 13.9. The summed E-state index contributed by atoms with van der Waals surface area (Å²) < 4.78 is 16.0. The maximum Gasteiger partial charge on any atom is 0.132 e. The van der Waals surface area contributed by atoms with Gasteiger partial charge in [0.1, 0.15) is 23.2 Å². The molecular formula is C16H22FN3. The van der Waals surface area contributed by atoms with E-state index in [0.29, 0.717) is 17.1 Å². The van der Waals surface area contributed by atoms with Gasteiger partial charge < -0.3 is 10.3 Å². The molecule has 0 radical (unpaired) electrons. The van der Waals surface area contributed by atoms with Crippen LogP contribution in [0.3, 0.4) is 0 Å². The summed E-state index contributed by atoms with van der Waals surface area (Å²) in [4.78, 5) is 4.58. The van der Waals surface area contributed by atoms with Crippen LogP contribution in [0.2, 0.25) is 0 Å². The van der Waals surface area contributed by atoms with Crippen molar-refractivity contribution in [2.45, 2.75) is 46.1 Å². The van der Waals surface area contributed by atoms with Gasteiger partial charge in [-0.3, -0.25) is 0 Å². The van der Waals surface area contributed by atoms with Gasteiger partial charge in [-0.05, 0) is 25.0 Å². The lowest BCUT2D eigenvalue weighted by atomic mass is 10.1. The number of halogens is 1. The van der Waals surface area contributed by atoms with Crippen LogP contribution in [0.25, 0.3) is 11.3 Å². The van der Waals surface area contributed by atoms with Crippen LogP contribution < -0.4 is 5.73 Å². The molecule has 0 saturated heterocycles. The number of hydrogen-bond donors (Lipinski definition) is 1. The molecule has 1 aromatic heterocycles. The van der Waals surface area contributed by atoms with E-state index >= 15 is 0 Å². The minimum atomic E-state index is -0.276. The number of aromatic nitrogens is 2. The summed E-state index contributed by atoms with van der Waals surface area (Å²) in [7, 11) is 0. The van der Waals surface area contributed by atoms with Crippen molar-refractivity contribution < 1.29 is 4.39 Å². The summed E-state index contributed by atoms with van der Waals surface area (Å²) in [6, 6.07) is 6.66. The van der Waals surface area contributed by atoms with Crippen LogP contribution >= 0.6 is 0 Å². The van der Waals surface area contributed by atoms with Gasteiger partial charge in [0.2, 0.25) is 0 Å². The van der Waals surface area contributed by atoms with Crippen LogP contribution in [-0.4, -0.2) is 9.55 Å². The van der Waals surface area contributed by atoms with Crippen molar-refractivity contribution in [2.24, 2.45) is 0 Å². The fraction of sp³-hybridized carbons (Fsp3) is 0.438. The van der Waals surface area contributed by atoms with Gasteiger partial charge in [0.15, 0.2) is 0 Å². The summed E-state index contributed by atoms with van der Waals surface area (Å²) in [6.07, 6.45) is 4.01. The third-order valence-electron chi connectivity index (χ3n) is 3.42. The Hall–Kier alpha value is -1.84.